The van der Waals surface area contributed by atoms with Gasteiger partial charge in [0.2, 0.25) is 0 Å². The van der Waals surface area contributed by atoms with Gasteiger partial charge in [-0.3, -0.25) is 9.59 Å². The number of ketones is 1. The number of benzene rings is 1. The molecule has 1 aliphatic rings. The third kappa shape index (κ3) is 8.35. The number of para-hydroxylation sites is 1. The normalized spacial score (nSPS) is 22.8. The Hall–Kier alpha value is -2.22. The molecule has 0 heterocycles. The molecule has 4 atom stereocenters. The highest BCUT2D eigenvalue weighted by atomic mass is 16.5. The van der Waals surface area contributed by atoms with Crippen molar-refractivity contribution in [3.8, 4) is 5.75 Å². The number of carbonyl (C=O) groups is 2. The average Bonchev–Trinajstić information content (AvgIpc) is 2.97. The van der Waals surface area contributed by atoms with Gasteiger partial charge >= 0.3 is 5.97 Å². The van der Waals surface area contributed by atoms with Crippen molar-refractivity contribution in [2.75, 3.05) is 13.2 Å². The zero-order valence-electron chi connectivity index (χ0n) is 16.5. The number of hydrogen-bond acceptors (Lipinski definition) is 6. The second kappa shape index (κ2) is 12.4. The van der Waals surface area contributed by atoms with Crippen LogP contribution in [0.25, 0.3) is 0 Å². The highest BCUT2D eigenvalue weighted by Gasteiger charge is 2.41. The molecular formula is C22H30O7. The van der Waals surface area contributed by atoms with Crippen molar-refractivity contribution in [1.29, 1.82) is 0 Å². The van der Waals surface area contributed by atoms with Crippen LogP contribution in [-0.2, 0) is 14.3 Å². The van der Waals surface area contributed by atoms with Crippen molar-refractivity contribution in [3.05, 3.63) is 42.5 Å². The number of ether oxygens (including phenoxy) is 2. The summed E-state index contributed by atoms with van der Waals surface area (Å²) < 4.78 is 11.1. The number of carboxylic acids is 1. The molecule has 1 saturated carbocycles. The Balaban J connectivity index is 1.72. The number of Topliss-reactive ketones (excluding diaryl/α,β-unsaturated/α-hetero) is 1. The number of carbonyl (C=O) groups excluding carboxylic acids is 1. The highest BCUT2D eigenvalue weighted by molar-refractivity contribution is 5.85. The summed E-state index contributed by atoms with van der Waals surface area (Å²) in [5.74, 6) is -0.638. The number of aliphatic carboxylic acids is 1. The summed E-state index contributed by atoms with van der Waals surface area (Å²) in [5, 5.41) is 28.8. The van der Waals surface area contributed by atoms with E-state index in [-0.39, 0.29) is 31.8 Å². The lowest BCUT2D eigenvalue weighted by Gasteiger charge is -2.22. The quantitative estimate of drug-likeness (QED) is 0.340. The minimum Gasteiger partial charge on any atom is -0.491 e. The first-order valence-electron chi connectivity index (χ1n) is 10.0. The van der Waals surface area contributed by atoms with Crippen LogP contribution in [0.3, 0.4) is 0 Å². The second-order valence-corrected chi connectivity index (χ2v) is 7.27. The van der Waals surface area contributed by atoms with E-state index in [2.05, 4.69) is 0 Å². The molecule has 0 amide bonds. The summed E-state index contributed by atoms with van der Waals surface area (Å²) in [5.41, 5.74) is 0. The number of rotatable bonds is 13. The molecule has 1 aromatic carbocycles. The van der Waals surface area contributed by atoms with Crippen LogP contribution in [0.15, 0.2) is 42.5 Å². The van der Waals surface area contributed by atoms with Crippen LogP contribution in [0.1, 0.15) is 38.5 Å². The first-order valence-corrected chi connectivity index (χ1v) is 10.0. The fraction of sp³-hybridized carbons (Fsp3) is 0.545. The number of hydrogen-bond donors (Lipinski definition) is 3. The van der Waals surface area contributed by atoms with Crippen molar-refractivity contribution in [1.82, 2.24) is 0 Å². The Kier molecular flexibility index (Phi) is 9.83. The molecule has 160 valence electrons. The lowest BCUT2D eigenvalue weighted by molar-refractivity contribution is -0.137. The van der Waals surface area contributed by atoms with Gasteiger partial charge in [-0.15, -0.1) is 0 Å². The second-order valence-electron chi connectivity index (χ2n) is 7.27. The lowest BCUT2D eigenvalue weighted by atomic mass is 9.99. The summed E-state index contributed by atoms with van der Waals surface area (Å²) in [4.78, 5) is 22.6. The third-order valence-electron chi connectivity index (χ3n) is 4.83. The fourth-order valence-electron chi connectivity index (χ4n) is 3.30. The Morgan fingerprint density at radius 1 is 1.17 bits per heavy atom. The maximum atomic E-state index is 12.2. The first kappa shape index (κ1) is 23.1. The largest absolute Gasteiger partial charge is 0.491 e. The molecule has 0 spiro atoms. The summed E-state index contributed by atoms with van der Waals surface area (Å²) in [6.07, 6.45) is 4.23. The molecule has 1 aliphatic carbocycles. The lowest BCUT2D eigenvalue weighted by Crippen LogP contribution is -2.34. The molecule has 4 unspecified atom stereocenters. The van der Waals surface area contributed by atoms with E-state index < -0.39 is 30.2 Å². The zero-order chi connectivity index (χ0) is 21.1. The zero-order valence-corrected chi connectivity index (χ0v) is 16.5. The number of unbranched alkanes of at least 4 members (excludes halogenated alkanes) is 2. The Labute approximate surface area is 171 Å². The van der Waals surface area contributed by atoms with Gasteiger partial charge in [-0.2, -0.15) is 0 Å². The van der Waals surface area contributed by atoms with Crippen LogP contribution >= 0.6 is 0 Å². The van der Waals surface area contributed by atoms with Crippen molar-refractivity contribution < 1.29 is 34.4 Å². The van der Waals surface area contributed by atoms with Crippen LogP contribution in [-0.4, -0.2) is 58.6 Å². The monoisotopic (exact) mass is 406 g/mol. The molecule has 7 heteroatoms. The molecule has 2 rings (SSSR count). The summed E-state index contributed by atoms with van der Waals surface area (Å²) in [7, 11) is 0. The molecule has 7 nitrogen and oxygen atoms in total. The molecule has 0 saturated heterocycles. The van der Waals surface area contributed by atoms with Crippen LogP contribution in [0.2, 0.25) is 0 Å². The van der Waals surface area contributed by atoms with E-state index in [4.69, 9.17) is 14.6 Å². The molecule has 0 bridgehead atoms. The van der Waals surface area contributed by atoms with Crippen molar-refractivity contribution in [3.63, 3.8) is 0 Å². The standard InChI is InChI=1S/C22H30O7/c23-16(14-28-17-9-5-4-6-10-17)15-29-22-18(19(24)13-20(22)25)11-7-2-1-3-8-12-21(26)27/h2,4-7,9-10,16,18,20,22-23,25H,1,3,8,11-15H2,(H,26,27). The van der Waals surface area contributed by atoms with Crippen LogP contribution in [0.5, 0.6) is 5.75 Å². The van der Waals surface area contributed by atoms with Gasteiger partial charge in [0.25, 0.3) is 0 Å². The van der Waals surface area contributed by atoms with Crippen LogP contribution in [0, 0.1) is 5.92 Å². The van der Waals surface area contributed by atoms with Gasteiger partial charge in [-0.05, 0) is 37.8 Å². The van der Waals surface area contributed by atoms with Gasteiger partial charge in [0.15, 0.2) is 0 Å². The van der Waals surface area contributed by atoms with E-state index in [9.17, 15) is 19.8 Å². The van der Waals surface area contributed by atoms with Gasteiger partial charge in [-0.1, -0.05) is 30.4 Å². The predicted octanol–water partition coefficient (Wildman–Crippen LogP) is 2.35. The van der Waals surface area contributed by atoms with Crippen LogP contribution < -0.4 is 4.74 Å². The number of carboxylic acid groups (broad SMARTS) is 1. The number of aliphatic hydroxyl groups is 2. The summed E-state index contributed by atoms with van der Waals surface area (Å²) in [6, 6.07) is 9.12. The molecule has 0 radical (unpaired) electrons. The van der Waals surface area contributed by atoms with Gasteiger partial charge in [-0.25, -0.2) is 0 Å². The van der Waals surface area contributed by atoms with Gasteiger partial charge in [0.05, 0.1) is 18.8 Å². The molecular weight excluding hydrogens is 376 g/mol. The maximum absolute atomic E-state index is 12.2. The number of aliphatic hydroxyl groups excluding tert-OH is 2. The van der Waals surface area contributed by atoms with Crippen molar-refractivity contribution in [2.45, 2.75) is 56.8 Å². The highest BCUT2D eigenvalue weighted by Crippen LogP contribution is 2.29. The van der Waals surface area contributed by atoms with E-state index in [1.54, 1.807) is 12.1 Å². The number of allylic oxidation sites excluding steroid dienone is 2. The van der Waals surface area contributed by atoms with Crippen LogP contribution in [0.4, 0.5) is 0 Å². The third-order valence-corrected chi connectivity index (χ3v) is 4.83. The van der Waals surface area contributed by atoms with E-state index in [1.165, 1.54) is 0 Å². The summed E-state index contributed by atoms with van der Waals surface area (Å²) in [6.45, 7) is 0.0267. The minimum absolute atomic E-state index is 0.0305. The van der Waals surface area contributed by atoms with Crippen molar-refractivity contribution >= 4 is 11.8 Å². The maximum Gasteiger partial charge on any atom is 0.303 e. The van der Waals surface area contributed by atoms with E-state index >= 15 is 0 Å². The SMILES string of the molecule is O=C(O)CCCCC=CCC1C(=O)CC(O)C1OCC(O)COc1ccccc1. The molecule has 1 aromatic rings. The topological polar surface area (TPSA) is 113 Å². The predicted molar refractivity (Wildman–Crippen MR) is 107 cm³/mol. The Morgan fingerprint density at radius 2 is 1.93 bits per heavy atom. The van der Waals surface area contributed by atoms with Gasteiger partial charge in [0.1, 0.15) is 24.2 Å². The minimum atomic E-state index is -0.876. The molecule has 29 heavy (non-hydrogen) atoms. The van der Waals surface area contributed by atoms with E-state index in [0.717, 1.165) is 12.8 Å². The molecule has 1 fully saturated rings. The van der Waals surface area contributed by atoms with E-state index in [0.29, 0.717) is 18.6 Å². The van der Waals surface area contributed by atoms with Crippen molar-refractivity contribution in [2.24, 2.45) is 5.92 Å². The molecule has 3 N–H and O–H groups in total. The smallest absolute Gasteiger partial charge is 0.303 e. The van der Waals surface area contributed by atoms with E-state index in [1.807, 2.05) is 30.4 Å². The molecule has 0 aliphatic heterocycles. The first-order chi connectivity index (χ1) is 14.0. The summed E-state index contributed by atoms with van der Waals surface area (Å²) >= 11 is 0. The van der Waals surface area contributed by atoms with Gasteiger partial charge in [0, 0.05) is 18.8 Å². The molecule has 0 aromatic heterocycles. The average molecular weight is 406 g/mol. The van der Waals surface area contributed by atoms with Gasteiger partial charge < -0.3 is 24.8 Å². The Bertz CT molecular complexity index is 658. The Morgan fingerprint density at radius 3 is 2.66 bits per heavy atom. The fourth-order valence-corrected chi connectivity index (χ4v) is 3.30.